The zero-order valence-electron chi connectivity index (χ0n) is 12.5. The van der Waals surface area contributed by atoms with Crippen molar-refractivity contribution in [3.05, 3.63) is 69.4 Å². The number of fused-ring (bicyclic) bond motifs is 1. The summed E-state index contributed by atoms with van der Waals surface area (Å²) in [5, 5.41) is 0. The maximum atomic E-state index is 12.4. The van der Waals surface area contributed by atoms with E-state index in [2.05, 4.69) is 4.98 Å². The van der Waals surface area contributed by atoms with Crippen LogP contribution in [0, 0.1) is 6.92 Å². The molecule has 1 aliphatic heterocycles. The number of methoxy groups -OCH3 is 1. The van der Waals surface area contributed by atoms with E-state index in [4.69, 9.17) is 19.6 Å². The molecule has 2 N–H and O–H groups in total. The standard InChI is InChI=1S/C16H14N2O5/c1-8-7-10-12(16(20)22-8)11(9-3-5-18-6-4-9)13(14(17)23-10)15(19)21-2/h3-7,11H,17H2,1-2H3/t11-/m1/s1. The molecule has 1 aliphatic rings. The second-order valence-electron chi connectivity index (χ2n) is 5.01. The van der Waals surface area contributed by atoms with Crippen LogP contribution in [0.25, 0.3) is 0 Å². The fourth-order valence-corrected chi connectivity index (χ4v) is 2.62. The third-order valence-electron chi connectivity index (χ3n) is 3.58. The van der Waals surface area contributed by atoms with Gasteiger partial charge in [0.2, 0.25) is 5.88 Å². The number of carbonyl (C=O) groups excluding carboxylic acids is 1. The molecule has 0 unspecified atom stereocenters. The van der Waals surface area contributed by atoms with Gasteiger partial charge in [-0.1, -0.05) is 0 Å². The van der Waals surface area contributed by atoms with E-state index >= 15 is 0 Å². The third kappa shape index (κ3) is 2.46. The summed E-state index contributed by atoms with van der Waals surface area (Å²) in [4.78, 5) is 28.5. The fourth-order valence-electron chi connectivity index (χ4n) is 2.62. The van der Waals surface area contributed by atoms with Crippen molar-refractivity contribution in [3.8, 4) is 5.75 Å². The van der Waals surface area contributed by atoms with Crippen molar-refractivity contribution in [2.24, 2.45) is 5.73 Å². The molecule has 3 rings (SSSR count). The van der Waals surface area contributed by atoms with Crippen molar-refractivity contribution in [1.29, 1.82) is 0 Å². The minimum Gasteiger partial charge on any atom is -0.465 e. The van der Waals surface area contributed by atoms with Crippen molar-refractivity contribution in [1.82, 2.24) is 4.98 Å². The van der Waals surface area contributed by atoms with Crippen LogP contribution in [0.4, 0.5) is 0 Å². The van der Waals surface area contributed by atoms with Gasteiger partial charge in [0.15, 0.2) is 0 Å². The van der Waals surface area contributed by atoms with Crippen LogP contribution in [0.15, 0.2) is 51.3 Å². The highest BCUT2D eigenvalue weighted by atomic mass is 16.5. The van der Waals surface area contributed by atoms with Crippen molar-refractivity contribution in [2.45, 2.75) is 12.8 Å². The molecule has 0 spiro atoms. The first-order valence-electron chi connectivity index (χ1n) is 6.83. The number of pyridine rings is 1. The molecule has 0 saturated carbocycles. The Labute approximate surface area is 131 Å². The van der Waals surface area contributed by atoms with Gasteiger partial charge in [-0.2, -0.15) is 0 Å². The monoisotopic (exact) mass is 314 g/mol. The lowest BCUT2D eigenvalue weighted by Gasteiger charge is -2.26. The zero-order valence-corrected chi connectivity index (χ0v) is 12.5. The van der Waals surface area contributed by atoms with Crippen molar-refractivity contribution in [3.63, 3.8) is 0 Å². The van der Waals surface area contributed by atoms with Crippen LogP contribution >= 0.6 is 0 Å². The molecule has 23 heavy (non-hydrogen) atoms. The van der Waals surface area contributed by atoms with E-state index in [1.807, 2.05) is 0 Å². The van der Waals surface area contributed by atoms with E-state index in [0.29, 0.717) is 11.3 Å². The molecule has 118 valence electrons. The Bertz CT molecular complexity index is 855. The first kappa shape index (κ1) is 14.8. The summed E-state index contributed by atoms with van der Waals surface area (Å²) >= 11 is 0. The van der Waals surface area contributed by atoms with Gasteiger partial charge in [-0.3, -0.25) is 4.98 Å². The number of nitrogens with two attached hydrogens (primary N) is 1. The van der Waals surface area contributed by atoms with Crippen molar-refractivity contribution >= 4 is 5.97 Å². The van der Waals surface area contributed by atoms with Crippen LogP contribution in [0.5, 0.6) is 5.75 Å². The zero-order chi connectivity index (χ0) is 16.6. The Kier molecular flexibility index (Phi) is 3.61. The van der Waals surface area contributed by atoms with E-state index < -0.39 is 17.5 Å². The van der Waals surface area contributed by atoms with Crippen LogP contribution < -0.4 is 16.1 Å². The lowest BCUT2D eigenvalue weighted by Crippen LogP contribution is -2.30. The molecule has 0 radical (unpaired) electrons. The van der Waals surface area contributed by atoms with Gasteiger partial charge in [-0.15, -0.1) is 0 Å². The largest absolute Gasteiger partial charge is 0.465 e. The minimum absolute atomic E-state index is 0.0577. The average Bonchev–Trinajstić information content (AvgIpc) is 2.53. The Morgan fingerprint density at radius 2 is 2.04 bits per heavy atom. The molecule has 0 aliphatic carbocycles. The van der Waals surface area contributed by atoms with Crippen LogP contribution in [-0.4, -0.2) is 18.1 Å². The number of hydrogen-bond acceptors (Lipinski definition) is 7. The van der Waals surface area contributed by atoms with Gasteiger partial charge in [-0.05, 0) is 24.6 Å². The van der Waals surface area contributed by atoms with E-state index in [-0.39, 0.29) is 22.8 Å². The maximum Gasteiger partial charge on any atom is 0.343 e. The normalized spacial score (nSPS) is 16.5. The maximum absolute atomic E-state index is 12.4. The summed E-state index contributed by atoms with van der Waals surface area (Å²) in [6.07, 6.45) is 3.12. The number of aromatic nitrogens is 1. The number of nitrogens with zero attached hydrogens (tertiary/aromatic N) is 1. The molecule has 2 aromatic rings. The van der Waals surface area contributed by atoms with Crippen molar-refractivity contribution in [2.75, 3.05) is 7.11 Å². The molecule has 7 heteroatoms. The summed E-state index contributed by atoms with van der Waals surface area (Å²) in [5.74, 6) is -0.862. The number of esters is 1. The Morgan fingerprint density at radius 1 is 1.35 bits per heavy atom. The van der Waals surface area contributed by atoms with Crippen LogP contribution in [-0.2, 0) is 9.53 Å². The molecule has 0 saturated heterocycles. The molecular weight excluding hydrogens is 300 g/mol. The number of carbonyl (C=O) groups is 1. The van der Waals surface area contributed by atoms with E-state index in [1.54, 1.807) is 37.5 Å². The number of ether oxygens (including phenoxy) is 2. The summed E-state index contributed by atoms with van der Waals surface area (Å²) in [6.45, 7) is 1.63. The lowest BCUT2D eigenvalue weighted by atomic mass is 9.84. The van der Waals surface area contributed by atoms with Gasteiger partial charge in [0, 0.05) is 18.5 Å². The number of aryl methyl sites for hydroxylation is 1. The smallest absolute Gasteiger partial charge is 0.343 e. The second-order valence-corrected chi connectivity index (χ2v) is 5.01. The van der Waals surface area contributed by atoms with Crippen LogP contribution in [0.2, 0.25) is 0 Å². The Balaban J connectivity index is 2.31. The summed E-state index contributed by atoms with van der Waals surface area (Å²) < 4.78 is 15.4. The molecule has 1 atom stereocenters. The Hall–Kier alpha value is -3.09. The van der Waals surface area contributed by atoms with E-state index in [9.17, 15) is 9.59 Å². The van der Waals surface area contributed by atoms with Gasteiger partial charge in [0.05, 0.1) is 18.6 Å². The van der Waals surface area contributed by atoms with Gasteiger partial charge in [0.1, 0.15) is 17.1 Å². The Morgan fingerprint density at radius 3 is 2.70 bits per heavy atom. The quantitative estimate of drug-likeness (QED) is 0.831. The first-order valence-corrected chi connectivity index (χ1v) is 6.83. The van der Waals surface area contributed by atoms with Crippen molar-refractivity contribution < 1.29 is 18.7 Å². The van der Waals surface area contributed by atoms with Gasteiger partial charge in [-0.25, -0.2) is 9.59 Å². The first-order chi connectivity index (χ1) is 11.0. The highest BCUT2D eigenvalue weighted by molar-refractivity contribution is 5.92. The van der Waals surface area contributed by atoms with Gasteiger partial charge < -0.3 is 19.6 Å². The van der Waals surface area contributed by atoms with E-state index in [0.717, 1.165) is 0 Å². The van der Waals surface area contributed by atoms with Gasteiger partial charge in [0.25, 0.3) is 0 Å². The number of rotatable bonds is 2. The molecule has 0 aromatic carbocycles. The van der Waals surface area contributed by atoms with E-state index in [1.165, 1.54) is 7.11 Å². The molecular formula is C16H14N2O5. The molecule has 3 heterocycles. The number of hydrogen-bond donors (Lipinski definition) is 1. The highest BCUT2D eigenvalue weighted by Gasteiger charge is 2.38. The molecule has 0 fully saturated rings. The summed E-state index contributed by atoms with van der Waals surface area (Å²) in [6, 6.07) is 4.94. The fraction of sp³-hybridized carbons (Fsp3) is 0.188. The average molecular weight is 314 g/mol. The third-order valence-corrected chi connectivity index (χ3v) is 3.58. The minimum atomic E-state index is -0.744. The predicted molar refractivity (Wildman–Crippen MR) is 79.7 cm³/mol. The summed E-state index contributed by atoms with van der Waals surface area (Å²) in [5.41, 5.74) is 6.24. The van der Waals surface area contributed by atoms with Crippen LogP contribution in [0.3, 0.4) is 0 Å². The SMILES string of the molecule is COC(=O)C1=C(N)Oc2cc(C)oc(=O)c2[C@H]1c1ccncc1. The summed E-state index contributed by atoms with van der Waals surface area (Å²) in [7, 11) is 1.24. The molecule has 7 nitrogen and oxygen atoms in total. The highest BCUT2D eigenvalue weighted by Crippen LogP contribution is 2.40. The lowest BCUT2D eigenvalue weighted by molar-refractivity contribution is -0.136. The van der Waals surface area contributed by atoms with Crippen LogP contribution in [0.1, 0.15) is 22.8 Å². The molecule has 2 aromatic heterocycles. The van der Waals surface area contributed by atoms with Gasteiger partial charge >= 0.3 is 11.6 Å². The second kappa shape index (κ2) is 5.60. The molecule has 0 amide bonds. The topological polar surface area (TPSA) is 105 Å². The predicted octanol–water partition coefficient (Wildman–Crippen LogP) is 1.21. The molecule has 0 bridgehead atoms.